The van der Waals surface area contributed by atoms with Gasteiger partial charge in [-0.1, -0.05) is 48.0 Å². The molecule has 0 radical (unpaired) electrons. The van der Waals surface area contributed by atoms with Gasteiger partial charge in [-0.05, 0) is 29.8 Å². The summed E-state index contributed by atoms with van der Waals surface area (Å²) in [6.45, 7) is 0. The van der Waals surface area contributed by atoms with Crippen LogP contribution < -0.4 is 11.1 Å². The van der Waals surface area contributed by atoms with E-state index in [2.05, 4.69) is 10.3 Å². The van der Waals surface area contributed by atoms with Crippen molar-refractivity contribution in [3.05, 3.63) is 76.9 Å². The largest absolute Gasteiger partial charge is 0.368 e. The van der Waals surface area contributed by atoms with Gasteiger partial charge in [-0.15, -0.1) is 0 Å². The minimum Gasteiger partial charge on any atom is -0.368 e. The first kappa shape index (κ1) is 16.9. The Bertz CT molecular complexity index is 943. The van der Waals surface area contributed by atoms with E-state index in [4.69, 9.17) is 17.3 Å². The van der Waals surface area contributed by atoms with Gasteiger partial charge in [0.25, 0.3) is 5.91 Å². The zero-order valence-electron chi connectivity index (χ0n) is 13.3. The predicted octanol–water partition coefficient (Wildman–Crippen LogP) is 2.71. The Kier molecular flexibility index (Phi) is 4.95. The first-order valence-corrected chi connectivity index (χ1v) is 8.11. The van der Waals surface area contributed by atoms with Crippen LogP contribution in [0.1, 0.15) is 16.1 Å². The van der Waals surface area contributed by atoms with Gasteiger partial charge in [-0.3, -0.25) is 9.59 Å². The lowest BCUT2D eigenvalue weighted by atomic mass is 10.1. The molecule has 3 aromatic rings. The van der Waals surface area contributed by atoms with Gasteiger partial charge in [0, 0.05) is 16.8 Å². The maximum absolute atomic E-state index is 12.5. The Morgan fingerprint density at radius 2 is 1.88 bits per heavy atom. The van der Waals surface area contributed by atoms with Gasteiger partial charge < -0.3 is 11.1 Å². The summed E-state index contributed by atoms with van der Waals surface area (Å²) in [6.07, 6.45) is 0.259. The van der Waals surface area contributed by atoms with Crippen LogP contribution in [0.3, 0.4) is 0 Å². The number of para-hydroxylation sites is 1. The van der Waals surface area contributed by atoms with E-state index in [-0.39, 0.29) is 12.1 Å². The number of rotatable bonds is 5. The third-order valence-corrected chi connectivity index (χ3v) is 4.04. The first-order valence-electron chi connectivity index (χ1n) is 7.73. The standard InChI is InChI=1S/C19H16ClN3O2/c20-14-6-3-4-12(10-14)11-17(18(21)24)23-19(25)16-9-8-13-5-1-2-7-15(13)22-16/h1-10,17H,11H2,(H2,21,24)(H,23,25)/t17-/m1/s1. The Hall–Kier alpha value is -2.92. The van der Waals surface area contributed by atoms with Crippen LogP contribution in [-0.2, 0) is 11.2 Å². The van der Waals surface area contributed by atoms with Gasteiger partial charge in [0.05, 0.1) is 5.52 Å². The number of benzene rings is 2. The molecule has 0 bridgehead atoms. The van der Waals surface area contributed by atoms with Crippen molar-refractivity contribution in [1.82, 2.24) is 10.3 Å². The number of pyridine rings is 1. The number of nitrogens with two attached hydrogens (primary N) is 1. The summed E-state index contributed by atoms with van der Waals surface area (Å²) in [5.41, 5.74) is 7.18. The molecule has 1 heterocycles. The molecule has 0 aliphatic heterocycles. The zero-order valence-corrected chi connectivity index (χ0v) is 14.0. The van der Waals surface area contributed by atoms with Crippen molar-refractivity contribution in [2.24, 2.45) is 5.73 Å². The molecule has 0 saturated carbocycles. The number of hydrogen-bond donors (Lipinski definition) is 2. The summed E-state index contributed by atoms with van der Waals surface area (Å²) in [5.74, 6) is -1.06. The Balaban J connectivity index is 1.78. The van der Waals surface area contributed by atoms with Crippen molar-refractivity contribution in [2.45, 2.75) is 12.5 Å². The lowest BCUT2D eigenvalue weighted by molar-refractivity contribution is -0.119. The molecule has 1 aromatic heterocycles. The van der Waals surface area contributed by atoms with E-state index < -0.39 is 17.9 Å². The minimum absolute atomic E-state index is 0.232. The van der Waals surface area contributed by atoms with Gasteiger partial charge in [-0.25, -0.2) is 4.98 Å². The van der Waals surface area contributed by atoms with Crippen molar-refractivity contribution >= 4 is 34.3 Å². The van der Waals surface area contributed by atoms with Crippen LogP contribution >= 0.6 is 11.6 Å². The SMILES string of the molecule is NC(=O)[C@@H](Cc1cccc(Cl)c1)NC(=O)c1ccc2ccccc2n1. The van der Waals surface area contributed by atoms with Crippen LogP contribution in [0.15, 0.2) is 60.7 Å². The summed E-state index contributed by atoms with van der Waals surface area (Å²) in [7, 11) is 0. The number of fused-ring (bicyclic) bond motifs is 1. The summed E-state index contributed by atoms with van der Waals surface area (Å²) >= 11 is 5.95. The summed E-state index contributed by atoms with van der Waals surface area (Å²) < 4.78 is 0. The zero-order chi connectivity index (χ0) is 17.8. The van der Waals surface area contributed by atoms with E-state index in [0.717, 1.165) is 10.9 Å². The first-order chi connectivity index (χ1) is 12.0. The molecule has 0 aliphatic carbocycles. The second-order valence-electron chi connectivity index (χ2n) is 5.65. The van der Waals surface area contributed by atoms with Crippen molar-refractivity contribution in [2.75, 3.05) is 0 Å². The summed E-state index contributed by atoms with van der Waals surface area (Å²) in [5, 5.41) is 4.14. The molecule has 2 amide bonds. The fourth-order valence-corrected chi connectivity index (χ4v) is 2.76. The van der Waals surface area contributed by atoms with E-state index in [0.29, 0.717) is 10.5 Å². The Morgan fingerprint density at radius 3 is 2.64 bits per heavy atom. The number of nitrogens with one attached hydrogen (secondary N) is 1. The number of aromatic nitrogens is 1. The van der Waals surface area contributed by atoms with Crippen LogP contribution in [-0.4, -0.2) is 22.8 Å². The minimum atomic E-state index is -0.848. The van der Waals surface area contributed by atoms with E-state index in [1.807, 2.05) is 36.4 Å². The average Bonchev–Trinajstić information content (AvgIpc) is 2.60. The molecule has 3 rings (SSSR count). The highest BCUT2D eigenvalue weighted by atomic mass is 35.5. The van der Waals surface area contributed by atoms with Gasteiger partial charge in [0.1, 0.15) is 11.7 Å². The molecule has 6 heteroatoms. The monoisotopic (exact) mass is 353 g/mol. The maximum Gasteiger partial charge on any atom is 0.270 e. The van der Waals surface area contributed by atoms with Crippen LogP contribution in [0.2, 0.25) is 5.02 Å². The fourth-order valence-electron chi connectivity index (χ4n) is 2.55. The van der Waals surface area contributed by atoms with Crippen LogP contribution in [0, 0.1) is 0 Å². The lowest BCUT2D eigenvalue weighted by Gasteiger charge is -2.15. The van der Waals surface area contributed by atoms with Crippen molar-refractivity contribution in [3.63, 3.8) is 0 Å². The van der Waals surface area contributed by atoms with E-state index in [1.165, 1.54) is 0 Å². The molecule has 2 aromatic carbocycles. The van der Waals surface area contributed by atoms with Gasteiger partial charge in [0.2, 0.25) is 5.91 Å². The number of nitrogens with zero attached hydrogens (tertiary/aromatic N) is 1. The second-order valence-corrected chi connectivity index (χ2v) is 6.09. The molecule has 3 N–H and O–H groups in total. The van der Waals surface area contributed by atoms with Crippen LogP contribution in [0.4, 0.5) is 0 Å². The molecule has 0 saturated heterocycles. The molecule has 5 nitrogen and oxygen atoms in total. The van der Waals surface area contributed by atoms with Crippen molar-refractivity contribution < 1.29 is 9.59 Å². The van der Waals surface area contributed by atoms with E-state index in [1.54, 1.807) is 24.3 Å². The average molecular weight is 354 g/mol. The quantitative estimate of drug-likeness (QED) is 0.739. The molecule has 126 valence electrons. The highest BCUT2D eigenvalue weighted by Crippen LogP contribution is 2.14. The topological polar surface area (TPSA) is 85.1 Å². The van der Waals surface area contributed by atoms with Crippen LogP contribution in [0.25, 0.3) is 10.9 Å². The van der Waals surface area contributed by atoms with Gasteiger partial charge in [-0.2, -0.15) is 0 Å². The van der Waals surface area contributed by atoms with Gasteiger partial charge >= 0.3 is 0 Å². The van der Waals surface area contributed by atoms with E-state index in [9.17, 15) is 9.59 Å². The van der Waals surface area contributed by atoms with Crippen LogP contribution in [0.5, 0.6) is 0 Å². The number of carbonyl (C=O) groups excluding carboxylic acids is 2. The summed E-state index contributed by atoms with van der Waals surface area (Å²) in [4.78, 5) is 28.5. The number of primary amides is 1. The Labute approximate surface area is 149 Å². The normalized spacial score (nSPS) is 11.9. The molecule has 0 spiro atoms. The number of halogens is 1. The molecule has 1 atom stereocenters. The molecule has 25 heavy (non-hydrogen) atoms. The molecule has 0 fully saturated rings. The fraction of sp³-hybridized carbons (Fsp3) is 0.105. The predicted molar refractivity (Wildman–Crippen MR) is 97.3 cm³/mol. The molecule has 0 unspecified atom stereocenters. The molecular formula is C19H16ClN3O2. The third-order valence-electron chi connectivity index (χ3n) is 3.81. The molecule has 0 aliphatic rings. The molecular weight excluding hydrogens is 338 g/mol. The number of carbonyl (C=O) groups is 2. The lowest BCUT2D eigenvalue weighted by Crippen LogP contribution is -2.46. The van der Waals surface area contributed by atoms with E-state index >= 15 is 0 Å². The number of amides is 2. The highest BCUT2D eigenvalue weighted by Gasteiger charge is 2.20. The number of hydrogen-bond acceptors (Lipinski definition) is 3. The Morgan fingerprint density at radius 1 is 1.08 bits per heavy atom. The highest BCUT2D eigenvalue weighted by molar-refractivity contribution is 6.30. The maximum atomic E-state index is 12.5. The third kappa shape index (κ3) is 4.14. The van der Waals surface area contributed by atoms with Gasteiger partial charge in [0.15, 0.2) is 0 Å². The van der Waals surface area contributed by atoms with Crippen molar-refractivity contribution in [3.8, 4) is 0 Å². The smallest absolute Gasteiger partial charge is 0.270 e. The summed E-state index contributed by atoms with van der Waals surface area (Å²) in [6, 6.07) is 17.1. The second kappa shape index (κ2) is 7.32. The van der Waals surface area contributed by atoms with Crippen molar-refractivity contribution in [1.29, 1.82) is 0 Å².